The van der Waals surface area contributed by atoms with E-state index in [1.54, 1.807) is 19.3 Å². The molecular weight excluding hydrogens is 332 g/mol. The first-order valence-corrected chi connectivity index (χ1v) is 8.90. The van der Waals surface area contributed by atoms with Crippen molar-refractivity contribution < 1.29 is 4.79 Å². The number of pyridine rings is 1. The Kier molecular flexibility index (Phi) is 4.78. The Morgan fingerprint density at radius 1 is 1.26 bits per heavy atom. The summed E-state index contributed by atoms with van der Waals surface area (Å²) in [6.07, 6.45) is 1.63. The fraction of sp³-hybridized carbons (Fsp3) is 0.294. The summed E-state index contributed by atoms with van der Waals surface area (Å²) in [7, 11) is 1.67. The fourth-order valence-corrected chi connectivity index (χ4v) is 3.87. The first kappa shape index (κ1) is 16.1. The van der Waals surface area contributed by atoms with Gasteiger partial charge in [0, 0.05) is 47.9 Å². The van der Waals surface area contributed by atoms with Gasteiger partial charge in [-0.05, 0) is 23.8 Å². The normalized spacial score (nSPS) is 18.0. The largest absolute Gasteiger partial charge is 0.330 e. The van der Waals surface area contributed by atoms with Gasteiger partial charge in [-0.3, -0.25) is 9.59 Å². The Balaban J connectivity index is 1.91. The van der Waals surface area contributed by atoms with Gasteiger partial charge in [-0.2, -0.15) is 11.8 Å². The van der Waals surface area contributed by atoms with Crippen molar-refractivity contribution in [2.45, 2.75) is 6.04 Å². The van der Waals surface area contributed by atoms with Crippen LogP contribution in [0.3, 0.4) is 0 Å². The Bertz CT molecular complexity index is 773. The van der Waals surface area contributed by atoms with E-state index in [0.717, 1.165) is 17.1 Å². The average molecular weight is 349 g/mol. The number of nitrogens with zero attached hydrogens (tertiary/aromatic N) is 2. The van der Waals surface area contributed by atoms with Crippen LogP contribution in [0.1, 0.15) is 22.0 Å². The van der Waals surface area contributed by atoms with Gasteiger partial charge in [0.2, 0.25) is 0 Å². The zero-order valence-electron chi connectivity index (χ0n) is 12.7. The second-order valence-electron chi connectivity index (χ2n) is 5.51. The quantitative estimate of drug-likeness (QED) is 0.838. The molecule has 0 N–H and O–H groups in total. The number of carbonyl (C=O) groups is 1. The summed E-state index contributed by atoms with van der Waals surface area (Å²) in [5.74, 6) is 1.65. The molecule has 1 aliphatic rings. The van der Waals surface area contributed by atoms with Crippen LogP contribution in [-0.2, 0) is 7.05 Å². The molecule has 3 rings (SSSR count). The van der Waals surface area contributed by atoms with Crippen molar-refractivity contribution in [3.05, 3.63) is 69.1 Å². The maximum atomic E-state index is 12.9. The Labute approximate surface area is 144 Å². The minimum atomic E-state index is -0.176. The second kappa shape index (κ2) is 6.81. The van der Waals surface area contributed by atoms with E-state index in [2.05, 4.69) is 0 Å². The minimum absolute atomic E-state index is 0.00238. The van der Waals surface area contributed by atoms with Crippen molar-refractivity contribution in [3.8, 4) is 0 Å². The van der Waals surface area contributed by atoms with E-state index in [0.29, 0.717) is 17.1 Å². The van der Waals surface area contributed by atoms with Gasteiger partial charge in [-0.15, -0.1) is 0 Å². The third kappa shape index (κ3) is 3.46. The summed E-state index contributed by atoms with van der Waals surface area (Å²) in [5, 5.41) is 0.682. The lowest BCUT2D eigenvalue weighted by atomic mass is 10.1. The van der Waals surface area contributed by atoms with E-state index in [1.165, 1.54) is 10.6 Å². The molecule has 23 heavy (non-hydrogen) atoms. The summed E-state index contributed by atoms with van der Waals surface area (Å²) in [6, 6.07) is 10.7. The van der Waals surface area contributed by atoms with Gasteiger partial charge < -0.3 is 9.47 Å². The summed E-state index contributed by atoms with van der Waals surface area (Å²) in [5.41, 5.74) is 1.34. The molecule has 0 saturated carbocycles. The summed E-state index contributed by atoms with van der Waals surface area (Å²) >= 11 is 7.79. The molecule has 2 aromatic rings. The molecule has 1 saturated heterocycles. The van der Waals surface area contributed by atoms with Crippen molar-refractivity contribution in [1.29, 1.82) is 0 Å². The van der Waals surface area contributed by atoms with Gasteiger partial charge in [0.15, 0.2) is 0 Å². The number of thioether (sulfide) groups is 1. The molecule has 1 aromatic carbocycles. The van der Waals surface area contributed by atoms with Crippen molar-refractivity contribution >= 4 is 29.3 Å². The monoisotopic (exact) mass is 348 g/mol. The van der Waals surface area contributed by atoms with Crippen molar-refractivity contribution in [2.24, 2.45) is 7.05 Å². The summed E-state index contributed by atoms with van der Waals surface area (Å²) in [6.45, 7) is 0.673. The molecule has 1 aliphatic heterocycles. The second-order valence-corrected chi connectivity index (χ2v) is 7.09. The number of rotatable bonds is 2. The van der Waals surface area contributed by atoms with Gasteiger partial charge in [-0.1, -0.05) is 23.7 Å². The van der Waals surface area contributed by atoms with Crippen LogP contribution < -0.4 is 5.56 Å². The highest BCUT2D eigenvalue weighted by molar-refractivity contribution is 7.99. The number of hydrogen-bond acceptors (Lipinski definition) is 3. The number of aromatic nitrogens is 1. The number of aryl methyl sites for hydroxylation is 1. The Morgan fingerprint density at radius 2 is 2.00 bits per heavy atom. The molecule has 4 nitrogen and oxygen atoms in total. The topological polar surface area (TPSA) is 42.3 Å². The zero-order chi connectivity index (χ0) is 16.4. The van der Waals surface area contributed by atoms with Crippen LogP contribution in [0.2, 0.25) is 5.02 Å². The van der Waals surface area contributed by atoms with Crippen molar-refractivity contribution in [1.82, 2.24) is 9.47 Å². The number of hydrogen-bond donors (Lipinski definition) is 0. The first-order valence-electron chi connectivity index (χ1n) is 7.37. The van der Waals surface area contributed by atoms with Crippen LogP contribution in [0.25, 0.3) is 0 Å². The third-order valence-electron chi connectivity index (χ3n) is 4.00. The highest BCUT2D eigenvalue weighted by Gasteiger charge is 2.29. The van der Waals surface area contributed by atoms with Crippen LogP contribution in [0.5, 0.6) is 0 Å². The maximum absolute atomic E-state index is 12.9. The predicted octanol–water partition coefficient (Wildman–Crippen LogP) is 2.97. The summed E-state index contributed by atoms with van der Waals surface area (Å²) < 4.78 is 1.46. The van der Waals surface area contributed by atoms with Crippen LogP contribution in [0, 0.1) is 0 Å². The van der Waals surface area contributed by atoms with E-state index in [1.807, 2.05) is 40.9 Å². The van der Waals surface area contributed by atoms with Gasteiger partial charge in [0.05, 0.1) is 6.04 Å². The lowest BCUT2D eigenvalue weighted by Crippen LogP contribution is -2.41. The molecule has 0 bridgehead atoms. The van der Waals surface area contributed by atoms with Crippen molar-refractivity contribution in [2.75, 3.05) is 18.1 Å². The first-order chi connectivity index (χ1) is 11.1. The predicted molar refractivity (Wildman–Crippen MR) is 94.2 cm³/mol. The third-order valence-corrected chi connectivity index (χ3v) is 5.27. The highest BCUT2D eigenvalue weighted by Crippen LogP contribution is 2.31. The molecule has 0 radical (unpaired) electrons. The van der Waals surface area contributed by atoms with Gasteiger partial charge >= 0.3 is 0 Å². The van der Waals surface area contributed by atoms with Crippen LogP contribution in [0.4, 0.5) is 0 Å². The smallest absolute Gasteiger partial charge is 0.254 e. The standard InChI is InChI=1S/C17H17ClN2O2S/c1-19-7-6-13(10-16(19)21)17(22)20-8-9-23-11-15(20)12-2-4-14(18)5-3-12/h2-7,10,15H,8-9,11H2,1H3. The van der Waals surface area contributed by atoms with Crippen molar-refractivity contribution in [3.63, 3.8) is 0 Å². The molecular formula is C17H17ClN2O2S. The molecule has 1 unspecified atom stereocenters. The molecule has 120 valence electrons. The number of benzene rings is 1. The minimum Gasteiger partial charge on any atom is -0.330 e. The van der Waals surface area contributed by atoms with E-state index in [4.69, 9.17) is 11.6 Å². The van der Waals surface area contributed by atoms with Crippen LogP contribution in [-0.4, -0.2) is 33.4 Å². The van der Waals surface area contributed by atoms with E-state index in [9.17, 15) is 9.59 Å². The van der Waals surface area contributed by atoms with E-state index >= 15 is 0 Å². The zero-order valence-corrected chi connectivity index (χ0v) is 14.3. The summed E-state index contributed by atoms with van der Waals surface area (Å²) in [4.78, 5) is 26.5. The number of carbonyl (C=O) groups excluding carboxylic acids is 1. The molecule has 1 atom stereocenters. The highest BCUT2D eigenvalue weighted by atomic mass is 35.5. The van der Waals surface area contributed by atoms with Gasteiger partial charge in [-0.25, -0.2) is 0 Å². The van der Waals surface area contributed by atoms with Gasteiger partial charge in [0.1, 0.15) is 0 Å². The molecule has 1 amide bonds. The molecule has 1 fully saturated rings. The SMILES string of the molecule is Cn1ccc(C(=O)N2CCSCC2c2ccc(Cl)cc2)cc1=O. The average Bonchev–Trinajstić information content (AvgIpc) is 2.57. The molecule has 1 aromatic heterocycles. The Morgan fingerprint density at radius 3 is 2.70 bits per heavy atom. The maximum Gasteiger partial charge on any atom is 0.254 e. The van der Waals surface area contributed by atoms with Crippen LogP contribution >= 0.6 is 23.4 Å². The number of amides is 1. The lowest BCUT2D eigenvalue weighted by molar-refractivity contribution is 0.0701. The Hall–Kier alpha value is -1.72. The molecule has 0 spiro atoms. The number of halogens is 1. The molecule has 0 aliphatic carbocycles. The molecule has 2 heterocycles. The van der Waals surface area contributed by atoms with Crippen LogP contribution in [0.15, 0.2) is 47.4 Å². The molecule has 6 heteroatoms. The fourth-order valence-electron chi connectivity index (χ4n) is 2.66. The van der Waals surface area contributed by atoms with Gasteiger partial charge in [0.25, 0.3) is 11.5 Å². The lowest BCUT2D eigenvalue weighted by Gasteiger charge is -2.36. The van der Waals surface area contributed by atoms with E-state index < -0.39 is 0 Å². The van der Waals surface area contributed by atoms with E-state index in [-0.39, 0.29) is 17.5 Å².